The van der Waals surface area contributed by atoms with E-state index in [0.717, 1.165) is 28.5 Å². The van der Waals surface area contributed by atoms with Crippen LogP contribution in [0.25, 0.3) is 10.8 Å². The first-order chi connectivity index (χ1) is 12.8. The Morgan fingerprint density at radius 3 is 2.48 bits per heavy atom. The van der Waals surface area contributed by atoms with Gasteiger partial charge in [-0.1, -0.05) is 60.7 Å². The van der Waals surface area contributed by atoms with Crippen LogP contribution in [-0.2, 0) is 17.4 Å². The third-order valence-electron chi connectivity index (χ3n) is 4.55. The smallest absolute Gasteiger partial charge is 0.303 e. The van der Waals surface area contributed by atoms with Crippen LogP contribution in [0.1, 0.15) is 29.7 Å². The normalized spacial score (nSPS) is 12.9. The molecule has 2 nitrogen and oxygen atoms in total. The maximum Gasteiger partial charge on any atom is 0.416 e. The standard InChI is InChI=1S/C22H20F3NO/c1-15(20-11-5-8-17-7-2-3-10-21(17)20)26-14-19(27)13-16-6-4-9-18(12-16)22(23,24)25/h2-12,15,26H,13-14H2,1H3. The third-order valence-corrected chi connectivity index (χ3v) is 4.55. The Labute approximate surface area is 156 Å². The SMILES string of the molecule is CC(NCC(=O)Cc1cccc(C(F)(F)F)c1)c1cccc2ccccc12. The van der Waals surface area contributed by atoms with Gasteiger partial charge < -0.3 is 5.32 Å². The number of fused-ring (bicyclic) bond motifs is 1. The van der Waals surface area contributed by atoms with Gasteiger partial charge in [0.05, 0.1) is 12.1 Å². The number of ketones is 1. The molecule has 0 fully saturated rings. The molecule has 0 radical (unpaired) electrons. The predicted octanol–water partition coefficient (Wildman–Crippen LogP) is 5.32. The molecule has 1 N–H and O–H groups in total. The van der Waals surface area contributed by atoms with Gasteiger partial charge in [0.2, 0.25) is 0 Å². The van der Waals surface area contributed by atoms with Gasteiger partial charge in [-0.15, -0.1) is 0 Å². The van der Waals surface area contributed by atoms with E-state index in [0.29, 0.717) is 5.56 Å². The van der Waals surface area contributed by atoms with Crippen LogP contribution < -0.4 is 5.32 Å². The van der Waals surface area contributed by atoms with Gasteiger partial charge in [-0.2, -0.15) is 13.2 Å². The van der Waals surface area contributed by atoms with Crippen molar-refractivity contribution in [3.8, 4) is 0 Å². The Morgan fingerprint density at radius 1 is 1.00 bits per heavy atom. The minimum atomic E-state index is -4.40. The number of rotatable bonds is 6. The third kappa shape index (κ3) is 4.74. The molecule has 0 saturated carbocycles. The second-order valence-corrected chi connectivity index (χ2v) is 6.58. The van der Waals surface area contributed by atoms with Crippen molar-refractivity contribution in [3.63, 3.8) is 0 Å². The molecule has 0 amide bonds. The Bertz CT molecular complexity index is 944. The van der Waals surface area contributed by atoms with E-state index in [1.807, 2.05) is 49.4 Å². The summed E-state index contributed by atoms with van der Waals surface area (Å²) in [5, 5.41) is 5.42. The zero-order valence-electron chi connectivity index (χ0n) is 14.9. The van der Waals surface area contributed by atoms with Crippen LogP contribution >= 0.6 is 0 Å². The Morgan fingerprint density at radius 2 is 1.70 bits per heavy atom. The number of Topliss-reactive ketones (excluding diaryl/α,β-unsaturated/α-hetero) is 1. The summed E-state index contributed by atoms with van der Waals surface area (Å²) in [5.74, 6) is -0.151. The van der Waals surface area contributed by atoms with Gasteiger partial charge in [-0.3, -0.25) is 4.79 Å². The molecule has 0 spiro atoms. The summed E-state index contributed by atoms with van der Waals surface area (Å²) in [5.41, 5.74) is 0.722. The monoisotopic (exact) mass is 371 g/mol. The molecule has 5 heteroatoms. The van der Waals surface area contributed by atoms with Crippen LogP contribution in [0.4, 0.5) is 13.2 Å². The van der Waals surface area contributed by atoms with Crippen molar-refractivity contribution in [1.29, 1.82) is 0 Å². The average molecular weight is 371 g/mol. The Kier molecular flexibility index (Phi) is 5.61. The number of nitrogens with one attached hydrogen (secondary N) is 1. The summed E-state index contributed by atoms with van der Waals surface area (Å²) in [4.78, 5) is 12.2. The van der Waals surface area contributed by atoms with Crippen LogP contribution in [-0.4, -0.2) is 12.3 Å². The molecule has 3 rings (SSSR count). The van der Waals surface area contributed by atoms with Crippen LogP contribution in [0.5, 0.6) is 0 Å². The summed E-state index contributed by atoms with van der Waals surface area (Å²) in [6.07, 6.45) is -4.43. The first-order valence-electron chi connectivity index (χ1n) is 8.73. The van der Waals surface area contributed by atoms with Gasteiger partial charge in [-0.05, 0) is 34.9 Å². The number of hydrogen-bond acceptors (Lipinski definition) is 2. The first kappa shape index (κ1) is 19.1. The molecule has 3 aromatic carbocycles. The van der Waals surface area contributed by atoms with Crippen LogP contribution in [0, 0.1) is 0 Å². The Balaban J connectivity index is 1.64. The van der Waals surface area contributed by atoms with Gasteiger partial charge in [0, 0.05) is 12.5 Å². The van der Waals surface area contributed by atoms with Gasteiger partial charge in [0.1, 0.15) is 0 Å². The summed E-state index contributed by atoms with van der Waals surface area (Å²) in [6, 6.07) is 18.9. The molecule has 0 bridgehead atoms. The zero-order valence-corrected chi connectivity index (χ0v) is 14.9. The Hall–Kier alpha value is -2.66. The van der Waals surface area contributed by atoms with E-state index in [9.17, 15) is 18.0 Å². The molecule has 1 atom stereocenters. The largest absolute Gasteiger partial charge is 0.416 e. The molecule has 0 aliphatic carbocycles. The number of alkyl halides is 3. The molecule has 0 aliphatic heterocycles. The van der Waals surface area contributed by atoms with Gasteiger partial charge >= 0.3 is 6.18 Å². The highest BCUT2D eigenvalue weighted by Gasteiger charge is 2.30. The van der Waals surface area contributed by atoms with E-state index in [1.54, 1.807) is 6.07 Å². The summed E-state index contributed by atoms with van der Waals surface area (Å²) < 4.78 is 38.3. The van der Waals surface area contributed by atoms with Crippen molar-refractivity contribution in [1.82, 2.24) is 5.32 Å². The highest BCUT2D eigenvalue weighted by atomic mass is 19.4. The van der Waals surface area contributed by atoms with Gasteiger partial charge in [0.25, 0.3) is 0 Å². The van der Waals surface area contributed by atoms with E-state index >= 15 is 0 Å². The van der Waals surface area contributed by atoms with E-state index in [1.165, 1.54) is 6.07 Å². The number of benzene rings is 3. The highest BCUT2D eigenvalue weighted by molar-refractivity contribution is 5.86. The van der Waals surface area contributed by atoms with E-state index in [4.69, 9.17) is 0 Å². The second-order valence-electron chi connectivity index (χ2n) is 6.58. The maximum atomic E-state index is 12.8. The summed E-state index contributed by atoms with van der Waals surface area (Å²) >= 11 is 0. The molecule has 1 unspecified atom stereocenters. The van der Waals surface area contributed by atoms with Crippen LogP contribution in [0.15, 0.2) is 66.7 Å². The summed E-state index contributed by atoms with van der Waals surface area (Å²) in [7, 11) is 0. The lowest BCUT2D eigenvalue weighted by Gasteiger charge is -2.16. The highest BCUT2D eigenvalue weighted by Crippen LogP contribution is 2.29. The lowest BCUT2D eigenvalue weighted by molar-refractivity contribution is -0.137. The second kappa shape index (κ2) is 7.92. The summed E-state index contributed by atoms with van der Waals surface area (Å²) in [6.45, 7) is 2.07. The molecule has 0 aliphatic rings. The van der Waals surface area contributed by atoms with Crippen LogP contribution in [0.3, 0.4) is 0 Å². The molecule has 27 heavy (non-hydrogen) atoms. The molecule has 0 saturated heterocycles. The van der Waals surface area contributed by atoms with Crippen molar-refractivity contribution in [2.75, 3.05) is 6.54 Å². The minimum Gasteiger partial charge on any atom is -0.303 e. The fraction of sp³-hybridized carbons (Fsp3) is 0.227. The first-order valence-corrected chi connectivity index (χ1v) is 8.73. The fourth-order valence-electron chi connectivity index (χ4n) is 3.15. The molecular formula is C22H20F3NO. The predicted molar refractivity (Wildman–Crippen MR) is 101 cm³/mol. The zero-order chi connectivity index (χ0) is 19.4. The van der Waals surface area contributed by atoms with Crippen molar-refractivity contribution < 1.29 is 18.0 Å². The van der Waals surface area contributed by atoms with Crippen LogP contribution in [0.2, 0.25) is 0 Å². The number of carbonyl (C=O) groups is 1. The number of hydrogen-bond donors (Lipinski definition) is 1. The fourth-order valence-corrected chi connectivity index (χ4v) is 3.15. The average Bonchev–Trinajstić information content (AvgIpc) is 2.65. The van der Waals surface area contributed by atoms with E-state index in [-0.39, 0.29) is 24.8 Å². The van der Waals surface area contributed by atoms with Crippen molar-refractivity contribution in [2.45, 2.75) is 25.6 Å². The van der Waals surface area contributed by atoms with Gasteiger partial charge in [0.15, 0.2) is 5.78 Å². The van der Waals surface area contributed by atoms with Crippen molar-refractivity contribution in [3.05, 3.63) is 83.4 Å². The number of halogens is 3. The molecule has 140 valence electrons. The van der Waals surface area contributed by atoms with Gasteiger partial charge in [-0.25, -0.2) is 0 Å². The molecule has 0 heterocycles. The molecule has 0 aromatic heterocycles. The van der Waals surface area contributed by atoms with E-state index < -0.39 is 11.7 Å². The van der Waals surface area contributed by atoms with Crippen molar-refractivity contribution >= 4 is 16.6 Å². The lowest BCUT2D eigenvalue weighted by atomic mass is 9.99. The number of carbonyl (C=O) groups excluding carboxylic acids is 1. The molecule has 3 aromatic rings. The quantitative estimate of drug-likeness (QED) is 0.635. The van der Waals surface area contributed by atoms with Crippen molar-refractivity contribution in [2.24, 2.45) is 0 Å². The lowest BCUT2D eigenvalue weighted by Crippen LogP contribution is -2.27. The van der Waals surface area contributed by atoms with E-state index in [2.05, 4.69) is 5.32 Å². The molecular weight excluding hydrogens is 351 g/mol. The maximum absolute atomic E-state index is 12.8. The topological polar surface area (TPSA) is 29.1 Å². The minimum absolute atomic E-state index is 0.0286.